The third-order valence-corrected chi connectivity index (χ3v) is 4.76. The summed E-state index contributed by atoms with van der Waals surface area (Å²) in [5.41, 5.74) is 3.15. The molecular formula is C22H20N2O. The van der Waals surface area contributed by atoms with Crippen LogP contribution in [0.4, 0.5) is 0 Å². The van der Waals surface area contributed by atoms with Gasteiger partial charge in [0.25, 0.3) is 0 Å². The van der Waals surface area contributed by atoms with Gasteiger partial charge < -0.3 is 5.32 Å². The molecule has 3 nitrogen and oxygen atoms in total. The van der Waals surface area contributed by atoms with Gasteiger partial charge in [0, 0.05) is 12.1 Å². The van der Waals surface area contributed by atoms with Gasteiger partial charge in [0.15, 0.2) is 0 Å². The van der Waals surface area contributed by atoms with E-state index in [4.69, 9.17) is 0 Å². The second-order valence-corrected chi connectivity index (χ2v) is 6.47. The quantitative estimate of drug-likeness (QED) is 0.766. The summed E-state index contributed by atoms with van der Waals surface area (Å²) in [4.78, 5) is 17.3. The van der Waals surface area contributed by atoms with Crippen molar-refractivity contribution < 1.29 is 4.79 Å². The third kappa shape index (κ3) is 3.45. The number of nitrogens with one attached hydrogen (secondary N) is 1. The molecule has 3 heteroatoms. The number of nitrogens with zero attached hydrogens (tertiary/aromatic N) is 1. The number of hydrogen-bond acceptors (Lipinski definition) is 2. The number of carbonyl (C=O) groups is 1. The molecule has 1 heterocycles. The molecule has 0 radical (unpaired) electrons. The molecule has 3 aromatic rings. The first-order valence-electron chi connectivity index (χ1n) is 8.64. The molecular weight excluding hydrogens is 308 g/mol. The zero-order valence-corrected chi connectivity index (χ0v) is 13.9. The van der Waals surface area contributed by atoms with Gasteiger partial charge in [-0.2, -0.15) is 0 Å². The molecule has 1 aliphatic carbocycles. The molecule has 1 amide bonds. The molecule has 0 aliphatic heterocycles. The lowest BCUT2D eigenvalue weighted by molar-refractivity contribution is -0.122. The fourth-order valence-electron chi connectivity index (χ4n) is 3.32. The summed E-state index contributed by atoms with van der Waals surface area (Å²) in [7, 11) is 0. The maximum Gasteiger partial charge on any atom is 0.224 e. The summed E-state index contributed by atoms with van der Waals surface area (Å²) in [6, 6.07) is 25.9. The van der Waals surface area contributed by atoms with E-state index in [0.717, 1.165) is 17.7 Å². The molecule has 124 valence electrons. The molecule has 3 unspecified atom stereocenters. The first kappa shape index (κ1) is 15.6. The number of benzene rings is 2. The monoisotopic (exact) mass is 328 g/mol. The highest BCUT2D eigenvalue weighted by Gasteiger charge is 2.44. The molecule has 0 spiro atoms. The molecule has 1 saturated carbocycles. The van der Waals surface area contributed by atoms with Crippen LogP contribution in [0.2, 0.25) is 0 Å². The average molecular weight is 328 g/mol. The maximum atomic E-state index is 12.8. The van der Waals surface area contributed by atoms with Crippen molar-refractivity contribution in [1.29, 1.82) is 0 Å². The van der Waals surface area contributed by atoms with Crippen molar-refractivity contribution in [3.05, 3.63) is 102 Å². The van der Waals surface area contributed by atoms with Gasteiger partial charge in [-0.25, -0.2) is 0 Å². The highest BCUT2D eigenvalue weighted by molar-refractivity contribution is 5.83. The lowest BCUT2D eigenvalue weighted by atomic mass is 10.0. The van der Waals surface area contributed by atoms with Crippen LogP contribution in [0.1, 0.15) is 35.2 Å². The van der Waals surface area contributed by atoms with Crippen LogP contribution >= 0.6 is 0 Å². The van der Waals surface area contributed by atoms with E-state index in [9.17, 15) is 4.79 Å². The lowest BCUT2D eigenvalue weighted by Gasteiger charge is -2.19. The minimum Gasteiger partial charge on any atom is -0.343 e. The van der Waals surface area contributed by atoms with Crippen molar-refractivity contribution in [2.24, 2.45) is 5.92 Å². The van der Waals surface area contributed by atoms with Gasteiger partial charge in [0.05, 0.1) is 11.7 Å². The van der Waals surface area contributed by atoms with Gasteiger partial charge >= 0.3 is 0 Å². The van der Waals surface area contributed by atoms with E-state index in [2.05, 4.69) is 22.4 Å². The average Bonchev–Trinajstić information content (AvgIpc) is 3.49. The number of rotatable bonds is 5. The van der Waals surface area contributed by atoms with Crippen LogP contribution in [0, 0.1) is 5.92 Å². The summed E-state index contributed by atoms with van der Waals surface area (Å²) in [6.45, 7) is 0. The van der Waals surface area contributed by atoms with E-state index in [-0.39, 0.29) is 17.9 Å². The summed E-state index contributed by atoms with van der Waals surface area (Å²) in [5, 5.41) is 3.21. The minimum absolute atomic E-state index is 0.0531. The Hall–Kier alpha value is -2.94. The van der Waals surface area contributed by atoms with Crippen molar-refractivity contribution in [3.8, 4) is 0 Å². The topological polar surface area (TPSA) is 42.0 Å². The maximum absolute atomic E-state index is 12.8. The Balaban J connectivity index is 1.53. The lowest BCUT2D eigenvalue weighted by Crippen LogP contribution is -2.31. The molecule has 4 rings (SSSR count). The minimum atomic E-state index is -0.216. The van der Waals surface area contributed by atoms with Crippen LogP contribution in [0.25, 0.3) is 0 Å². The van der Waals surface area contributed by atoms with Gasteiger partial charge in [0.2, 0.25) is 5.91 Å². The second-order valence-electron chi connectivity index (χ2n) is 6.47. The normalized spacial score (nSPS) is 19.8. The van der Waals surface area contributed by atoms with Crippen LogP contribution in [0.15, 0.2) is 85.1 Å². The Morgan fingerprint density at radius 2 is 1.60 bits per heavy atom. The Morgan fingerprint density at radius 3 is 2.28 bits per heavy atom. The molecule has 25 heavy (non-hydrogen) atoms. The van der Waals surface area contributed by atoms with Crippen molar-refractivity contribution in [2.45, 2.75) is 18.4 Å². The summed E-state index contributed by atoms with van der Waals surface area (Å²) >= 11 is 0. The van der Waals surface area contributed by atoms with Crippen molar-refractivity contribution in [2.75, 3.05) is 0 Å². The number of carbonyl (C=O) groups excluding carboxylic acids is 1. The fourth-order valence-corrected chi connectivity index (χ4v) is 3.32. The molecule has 1 aliphatic rings. The number of aromatic nitrogens is 1. The second kappa shape index (κ2) is 6.89. The predicted octanol–water partition coefficient (Wildman–Crippen LogP) is 4.09. The summed E-state index contributed by atoms with van der Waals surface area (Å²) in [5.74, 6) is 0.493. The molecule has 1 fully saturated rings. The zero-order chi connectivity index (χ0) is 17.1. The summed E-state index contributed by atoms with van der Waals surface area (Å²) < 4.78 is 0. The highest BCUT2D eigenvalue weighted by atomic mass is 16.2. The van der Waals surface area contributed by atoms with Gasteiger partial charge in [-0.05, 0) is 35.6 Å². The van der Waals surface area contributed by atoms with Crippen LogP contribution in [-0.4, -0.2) is 10.9 Å². The smallest absolute Gasteiger partial charge is 0.224 e. The van der Waals surface area contributed by atoms with Crippen molar-refractivity contribution in [1.82, 2.24) is 10.3 Å². The number of pyridine rings is 1. The highest BCUT2D eigenvalue weighted by Crippen LogP contribution is 2.47. The first-order chi connectivity index (χ1) is 12.3. The van der Waals surface area contributed by atoms with E-state index in [1.54, 1.807) is 6.20 Å². The van der Waals surface area contributed by atoms with Crippen LogP contribution in [0.3, 0.4) is 0 Å². The molecule has 0 saturated heterocycles. The predicted molar refractivity (Wildman–Crippen MR) is 98.0 cm³/mol. The number of hydrogen-bond donors (Lipinski definition) is 1. The van der Waals surface area contributed by atoms with Gasteiger partial charge in [-0.1, -0.05) is 66.7 Å². The van der Waals surface area contributed by atoms with E-state index in [1.807, 2.05) is 66.7 Å². The van der Waals surface area contributed by atoms with E-state index < -0.39 is 0 Å². The van der Waals surface area contributed by atoms with Gasteiger partial charge in [0.1, 0.15) is 0 Å². The van der Waals surface area contributed by atoms with Crippen molar-refractivity contribution in [3.63, 3.8) is 0 Å². The SMILES string of the molecule is O=C(NC(c1ccccc1)c1ccccn1)C1CC1c1ccccc1. The molecule has 0 bridgehead atoms. The Labute approximate surface area is 147 Å². The van der Waals surface area contributed by atoms with Crippen molar-refractivity contribution >= 4 is 5.91 Å². The van der Waals surface area contributed by atoms with Crippen LogP contribution < -0.4 is 5.32 Å². The first-order valence-corrected chi connectivity index (χ1v) is 8.64. The third-order valence-electron chi connectivity index (χ3n) is 4.76. The van der Waals surface area contributed by atoms with Crippen LogP contribution in [-0.2, 0) is 4.79 Å². The van der Waals surface area contributed by atoms with E-state index in [0.29, 0.717) is 5.92 Å². The molecule has 3 atom stereocenters. The summed E-state index contributed by atoms with van der Waals surface area (Å²) in [6.07, 6.45) is 2.68. The Bertz CT molecular complexity index is 794. The van der Waals surface area contributed by atoms with E-state index >= 15 is 0 Å². The number of amides is 1. The van der Waals surface area contributed by atoms with Gasteiger partial charge in [-0.3, -0.25) is 9.78 Å². The molecule has 1 N–H and O–H groups in total. The molecule has 1 aromatic heterocycles. The standard InChI is InChI=1S/C22H20N2O/c25-22(19-15-18(19)16-9-3-1-4-10-16)24-21(17-11-5-2-6-12-17)20-13-7-8-14-23-20/h1-14,18-19,21H,15H2,(H,24,25). The fraction of sp³-hybridized carbons (Fsp3) is 0.182. The van der Waals surface area contributed by atoms with Gasteiger partial charge in [-0.15, -0.1) is 0 Å². The Morgan fingerprint density at radius 1 is 0.920 bits per heavy atom. The Kier molecular flexibility index (Phi) is 4.30. The zero-order valence-electron chi connectivity index (χ0n) is 13.9. The molecule has 2 aromatic carbocycles. The largest absolute Gasteiger partial charge is 0.343 e. The van der Waals surface area contributed by atoms with E-state index in [1.165, 1.54) is 5.56 Å². The van der Waals surface area contributed by atoms with Crippen LogP contribution in [0.5, 0.6) is 0 Å².